The summed E-state index contributed by atoms with van der Waals surface area (Å²) in [7, 11) is 0. The van der Waals surface area contributed by atoms with E-state index in [-0.39, 0.29) is 18.1 Å². The second kappa shape index (κ2) is 9.55. The Morgan fingerprint density at radius 1 is 0.889 bits per heavy atom. The summed E-state index contributed by atoms with van der Waals surface area (Å²) in [5.74, 6) is -1.57. The average Bonchev–Trinajstić information content (AvgIpc) is 3.46. The zero-order chi connectivity index (χ0) is 25.2. The Kier molecular flexibility index (Phi) is 6.14. The molecule has 0 unspecified atom stereocenters. The Bertz CT molecular complexity index is 1450. The van der Waals surface area contributed by atoms with E-state index in [0.717, 1.165) is 4.90 Å². The lowest BCUT2D eigenvalue weighted by molar-refractivity contribution is -0.115. The van der Waals surface area contributed by atoms with Crippen LogP contribution in [0.5, 0.6) is 0 Å². The number of amides is 3. The minimum Gasteiger partial charge on any atom is -0.456 e. The summed E-state index contributed by atoms with van der Waals surface area (Å²) >= 11 is 1.27. The summed E-state index contributed by atoms with van der Waals surface area (Å²) in [5.41, 5.74) is 2.54. The predicted molar refractivity (Wildman–Crippen MR) is 135 cm³/mol. The molecule has 5 rings (SSSR count). The molecule has 36 heavy (non-hydrogen) atoms. The number of hydrogen-bond acceptors (Lipinski definition) is 7. The van der Waals surface area contributed by atoms with Gasteiger partial charge in [-0.1, -0.05) is 30.3 Å². The van der Waals surface area contributed by atoms with Crippen LogP contribution in [0.25, 0.3) is 0 Å². The van der Waals surface area contributed by atoms with Crippen molar-refractivity contribution >= 4 is 51.5 Å². The lowest BCUT2D eigenvalue weighted by Crippen LogP contribution is -2.29. The molecule has 0 radical (unpaired) electrons. The van der Waals surface area contributed by atoms with Gasteiger partial charge in [0.1, 0.15) is 6.61 Å². The minimum atomic E-state index is -0.579. The first-order valence-electron chi connectivity index (χ1n) is 11.0. The predicted octanol–water partition coefficient (Wildman–Crippen LogP) is 4.99. The fraction of sp³-hybridized carbons (Fsp3) is 0.0741. The van der Waals surface area contributed by atoms with Crippen LogP contribution in [-0.4, -0.2) is 28.7 Å². The van der Waals surface area contributed by atoms with E-state index in [1.165, 1.54) is 47.4 Å². The number of esters is 1. The molecule has 4 aromatic rings. The van der Waals surface area contributed by atoms with E-state index < -0.39 is 17.8 Å². The SMILES string of the molecule is CC(=O)N(c1ccccc1)c1nc(COC(=O)c2ccc(N3C(=O)c4ccccc4C3=O)cc2)cs1. The van der Waals surface area contributed by atoms with E-state index in [0.29, 0.717) is 33.3 Å². The third-order valence-corrected chi connectivity index (χ3v) is 6.44. The molecule has 0 fully saturated rings. The van der Waals surface area contributed by atoms with Crippen molar-refractivity contribution in [1.29, 1.82) is 0 Å². The number of para-hydroxylation sites is 1. The van der Waals surface area contributed by atoms with Crippen LogP contribution in [0.4, 0.5) is 16.5 Å². The second-order valence-corrected chi connectivity index (χ2v) is 8.76. The molecular weight excluding hydrogens is 478 g/mol. The molecule has 0 spiro atoms. The molecule has 0 aliphatic carbocycles. The molecule has 2 heterocycles. The molecule has 3 aromatic carbocycles. The number of nitrogens with zero attached hydrogens (tertiary/aromatic N) is 3. The Labute approximate surface area is 210 Å². The summed E-state index contributed by atoms with van der Waals surface area (Å²) < 4.78 is 5.39. The highest BCUT2D eigenvalue weighted by Gasteiger charge is 2.36. The van der Waals surface area contributed by atoms with Crippen LogP contribution in [0.3, 0.4) is 0 Å². The normalized spacial score (nSPS) is 12.4. The topological polar surface area (TPSA) is 96.9 Å². The van der Waals surface area contributed by atoms with Gasteiger partial charge < -0.3 is 4.74 Å². The van der Waals surface area contributed by atoms with Crippen LogP contribution < -0.4 is 9.80 Å². The van der Waals surface area contributed by atoms with Gasteiger partial charge in [-0.25, -0.2) is 14.7 Å². The maximum Gasteiger partial charge on any atom is 0.338 e. The van der Waals surface area contributed by atoms with Crippen LogP contribution >= 0.6 is 11.3 Å². The average molecular weight is 498 g/mol. The van der Waals surface area contributed by atoms with Gasteiger partial charge >= 0.3 is 5.97 Å². The van der Waals surface area contributed by atoms with Gasteiger partial charge in [0.15, 0.2) is 5.13 Å². The van der Waals surface area contributed by atoms with Crippen molar-refractivity contribution in [3.05, 3.63) is 107 Å². The fourth-order valence-corrected chi connectivity index (χ4v) is 4.73. The van der Waals surface area contributed by atoms with Crippen molar-refractivity contribution in [2.75, 3.05) is 9.80 Å². The summed E-state index contributed by atoms with van der Waals surface area (Å²) in [6, 6.07) is 21.9. The van der Waals surface area contributed by atoms with Crippen molar-refractivity contribution in [2.24, 2.45) is 0 Å². The fourth-order valence-electron chi connectivity index (χ4n) is 3.86. The molecular formula is C27H19N3O5S. The van der Waals surface area contributed by atoms with Gasteiger partial charge in [0.2, 0.25) is 5.91 Å². The van der Waals surface area contributed by atoms with Crippen molar-refractivity contribution in [3.8, 4) is 0 Å². The van der Waals surface area contributed by atoms with Crippen LogP contribution in [0.1, 0.15) is 43.7 Å². The number of ether oxygens (including phenoxy) is 1. The molecule has 178 valence electrons. The minimum absolute atomic E-state index is 0.0734. The molecule has 0 atom stereocenters. The Morgan fingerprint density at radius 3 is 2.11 bits per heavy atom. The van der Waals surface area contributed by atoms with Gasteiger partial charge in [-0.05, 0) is 48.5 Å². The highest BCUT2D eigenvalue weighted by Crippen LogP contribution is 2.30. The zero-order valence-electron chi connectivity index (χ0n) is 19.1. The van der Waals surface area contributed by atoms with Crippen LogP contribution in [0.15, 0.2) is 84.2 Å². The zero-order valence-corrected chi connectivity index (χ0v) is 19.9. The van der Waals surface area contributed by atoms with E-state index in [1.54, 1.807) is 29.6 Å². The number of thiazole rings is 1. The number of rotatable bonds is 6. The lowest BCUT2D eigenvalue weighted by atomic mass is 10.1. The summed E-state index contributed by atoms with van der Waals surface area (Å²) in [4.78, 5) is 57.1. The van der Waals surface area contributed by atoms with Gasteiger partial charge in [0, 0.05) is 12.3 Å². The number of carbonyl (C=O) groups excluding carboxylic acids is 4. The summed E-state index contributed by atoms with van der Waals surface area (Å²) in [5, 5.41) is 2.21. The first-order valence-corrected chi connectivity index (χ1v) is 11.9. The second-order valence-electron chi connectivity index (χ2n) is 7.93. The van der Waals surface area contributed by atoms with Gasteiger partial charge in [0.05, 0.1) is 33.8 Å². The van der Waals surface area contributed by atoms with Gasteiger partial charge in [-0.3, -0.25) is 19.3 Å². The monoisotopic (exact) mass is 497 g/mol. The molecule has 8 nitrogen and oxygen atoms in total. The molecule has 0 saturated heterocycles. The maximum atomic E-state index is 12.7. The van der Waals surface area contributed by atoms with Gasteiger partial charge in [-0.15, -0.1) is 11.3 Å². The first kappa shape index (κ1) is 23.1. The van der Waals surface area contributed by atoms with E-state index in [2.05, 4.69) is 4.98 Å². The van der Waals surface area contributed by atoms with E-state index in [4.69, 9.17) is 4.74 Å². The van der Waals surface area contributed by atoms with Crippen LogP contribution in [-0.2, 0) is 16.1 Å². The molecule has 0 N–H and O–H groups in total. The molecule has 0 saturated carbocycles. The molecule has 1 aliphatic rings. The standard InChI is InChI=1S/C27H19N3O5S/c1-17(31)29(20-7-3-2-4-8-20)27-28-19(16-36-27)15-35-26(34)18-11-13-21(14-12-18)30-24(32)22-9-5-6-10-23(22)25(30)33/h2-14,16H,15H2,1H3. The van der Waals surface area contributed by atoms with Gasteiger partial charge in [0.25, 0.3) is 11.8 Å². The highest BCUT2D eigenvalue weighted by atomic mass is 32.1. The van der Waals surface area contributed by atoms with Crippen LogP contribution in [0, 0.1) is 0 Å². The molecule has 0 bridgehead atoms. The third-order valence-electron chi connectivity index (χ3n) is 5.57. The number of imide groups is 1. The number of aromatic nitrogens is 1. The number of benzene rings is 3. The van der Waals surface area contributed by atoms with E-state index in [9.17, 15) is 19.2 Å². The van der Waals surface area contributed by atoms with Gasteiger partial charge in [-0.2, -0.15) is 0 Å². The molecule has 1 aromatic heterocycles. The third kappa shape index (κ3) is 4.27. The Hall–Kier alpha value is -4.63. The molecule has 9 heteroatoms. The van der Waals surface area contributed by atoms with Crippen molar-refractivity contribution in [3.63, 3.8) is 0 Å². The van der Waals surface area contributed by atoms with Crippen molar-refractivity contribution in [2.45, 2.75) is 13.5 Å². The Balaban J connectivity index is 1.25. The lowest BCUT2D eigenvalue weighted by Gasteiger charge is -2.17. The van der Waals surface area contributed by atoms with Crippen molar-refractivity contribution in [1.82, 2.24) is 4.98 Å². The largest absolute Gasteiger partial charge is 0.456 e. The number of fused-ring (bicyclic) bond motifs is 1. The van der Waals surface area contributed by atoms with E-state index >= 15 is 0 Å². The molecule has 1 aliphatic heterocycles. The number of hydrogen-bond donors (Lipinski definition) is 0. The number of anilines is 3. The first-order chi connectivity index (χ1) is 17.4. The van der Waals surface area contributed by atoms with Crippen molar-refractivity contribution < 1.29 is 23.9 Å². The number of carbonyl (C=O) groups is 4. The van der Waals surface area contributed by atoms with E-state index in [1.807, 2.05) is 30.3 Å². The highest BCUT2D eigenvalue weighted by molar-refractivity contribution is 7.14. The summed E-state index contributed by atoms with van der Waals surface area (Å²) in [6.45, 7) is 1.38. The smallest absolute Gasteiger partial charge is 0.338 e. The summed E-state index contributed by atoms with van der Waals surface area (Å²) in [6.07, 6.45) is 0. The quantitative estimate of drug-likeness (QED) is 0.275. The Morgan fingerprint density at radius 2 is 1.50 bits per heavy atom. The maximum absolute atomic E-state index is 12.7. The molecule has 3 amide bonds. The van der Waals surface area contributed by atoms with Crippen LogP contribution in [0.2, 0.25) is 0 Å².